The number of likely N-dealkylation sites (tertiary alicyclic amines) is 1. The van der Waals surface area contributed by atoms with Gasteiger partial charge in [-0.25, -0.2) is 23.4 Å². The number of hydrogen-bond acceptors (Lipinski definition) is 6. The van der Waals surface area contributed by atoms with Gasteiger partial charge in [0.2, 0.25) is 0 Å². The highest BCUT2D eigenvalue weighted by molar-refractivity contribution is 8.13. The fraction of sp³-hybridized carbons (Fsp3) is 0.414. The third-order valence-electron chi connectivity index (χ3n) is 6.14. The van der Waals surface area contributed by atoms with Gasteiger partial charge in [0.15, 0.2) is 16.8 Å². The van der Waals surface area contributed by atoms with E-state index in [0.29, 0.717) is 30.6 Å². The number of rotatable bonds is 11. The Hall–Kier alpha value is -3.44. The van der Waals surface area contributed by atoms with E-state index >= 15 is 0 Å². The van der Waals surface area contributed by atoms with Crippen molar-refractivity contribution in [2.24, 2.45) is 4.99 Å². The summed E-state index contributed by atoms with van der Waals surface area (Å²) in [4.78, 5) is 28.9. The largest absolute Gasteiger partial charge is 0.493 e. The van der Waals surface area contributed by atoms with Crippen LogP contribution in [0.15, 0.2) is 65.7 Å². The zero-order valence-electron chi connectivity index (χ0n) is 22.8. The molecule has 0 aromatic heterocycles. The number of para-hydroxylation sites is 1. The summed E-state index contributed by atoms with van der Waals surface area (Å²) in [6.07, 6.45) is 7.39. The molecule has 8 nitrogen and oxygen atoms in total. The number of nitrogens with zero attached hydrogens (tertiary/aromatic N) is 3. The molecule has 0 saturated carbocycles. The SMILES string of the molecule is CCN(C(=Nc1ccccc1)SC)C1CCN(CCCCOc2ccc(F)c(F)c2)CC1.O=C(O)/C=C/C(=O)O. The van der Waals surface area contributed by atoms with E-state index in [9.17, 15) is 18.4 Å². The fourth-order valence-electron chi connectivity index (χ4n) is 4.18. The van der Waals surface area contributed by atoms with Crippen molar-refractivity contribution in [1.29, 1.82) is 0 Å². The third kappa shape index (κ3) is 12.2. The first-order chi connectivity index (χ1) is 19.2. The number of aliphatic carboxylic acids is 2. The molecule has 1 aliphatic rings. The number of benzene rings is 2. The van der Waals surface area contributed by atoms with Crippen LogP contribution in [0.5, 0.6) is 5.75 Å². The van der Waals surface area contributed by atoms with Crippen LogP contribution >= 0.6 is 11.8 Å². The summed E-state index contributed by atoms with van der Waals surface area (Å²) in [5, 5.41) is 16.7. The van der Waals surface area contributed by atoms with Crippen molar-refractivity contribution in [2.75, 3.05) is 39.0 Å². The molecular formula is C29H37F2N3O5S. The molecule has 1 heterocycles. The molecule has 1 saturated heterocycles. The number of aliphatic imine (C=N–C) groups is 1. The van der Waals surface area contributed by atoms with E-state index < -0.39 is 23.6 Å². The zero-order valence-corrected chi connectivity index (χ0v) is 23.7. The van der Waals surface area contributed by atoms with Gasteiger partial charge in [0.05, 0.1) is 12.3 Å². The summed E-state index contributed by atoms with van der Waals surface area (Å²) in [6, 6.07) is 14.3. The molecule has 3 rings (SSSR count). The average Bonchev–Trinajstić information content (AvgIpc) is 2.95. The van der Waals surface area contributed by atoms with Gasteiger partial charge in [-0.2, -0.15) is 0 Å². The molecule has 0 spiro atoms. The van der Waals surface area contributed by atoms with Crippen LogP contribution in [0, 0.1) is 11.6 Å². The Kier molecular flexibility index (Phi) is 14.8. The molecule has 0 radical (unpaired) electrons. The second-order valence-corrected chi connectivity index (χ2v) is 9.71. The van der Waals surface area contributed by atoms with Crippen LogP contribution in [-0.4, -0.2) is 82.2 Å². The second-order valence-electron chi connectivity index (χ2n) is 8.93. The van der Waals surface area contributed by atoms with Crippen LogP contribution < -0.4 is 4.74 Å². The Morgan fingerprint density at radius 3 is 2.25 bits per heavy atom. The summed E-state index contributed by atoms with van der Waals surface area (Å²) >= 11 is 1.72. The van der Waals surface area contributed by atoms with E-state index in [2.05, 4.69) is 23.0 Å². The number of hydrogen-bond donors (Lipinski definition) is 2. The summed E-state index contributed by atoms with van der Waals surface area (Å²) < 4.78 is 31.7. The van der Waals surface area contributed by atoms with Gasteiger partial charge in [-0.1, -0.05) is 30.0 Å². The molecule has 0 atom stereocenters. The molecule has 0 unspecified atom stereocenters. The number of thioether (sulfide) groups is 1. The molecule has 40 heavy (non-hydrogen) atoms. The summed E-state index contributed by atoms with van der Waals surface area (Å²) in [5.41, 5.74) is 0.998. The number of unbranched alkanes of at least 4 members (excludes halogenated alkanes) is 1. The number of carboxylic acid groups (broad SMARTS) is 2. The second kappa shape index (κ2) is 18.0. The van der Waals surface area contributed by atoms with Crippen LogP contribution in [0.3, 0.4) is 0 Å². The third-order valence-corrected chi connectivity index (χ3v) is 6.84. The minimum Gasteiger partial charge on any atom is -0.493 e. The van der Waals surface area contributed by atoms with Crippen LogP contribution in [0.1, 0.15) is 32.6 Å². The lowest BCUT2D eigenvalue weighted by atomic mass is 10.0. The van der Waals surface area contributed by atoms with E-state index in [-0.39, 0.29) is 0 Å². The molecule has 218 valence electrons. The Morgan fingerprint density at radius 2 is 1.70 bits per heavy atom. The Bertz CT molecular complexity index is 1110. The molecule has 2 aromatic rings. The lowest BCUT2D eigenvalue weighted by Gasteiger charge is -2.39. The van der Waals surface area contributed by atoms with Crippen molar-refractivity contribution in [3.8, 4) is 5.75 Å². The minimum atomic E-state index is -1.26. The highest BCUT2D eigenvalue weighted by Gasteiger charge is 2.25. The predicted molar refractivity (Wildman–Crippen MR) is 154 cm³/mol. The Morgan fingerprint density at radius 1 is 1.05 bits per heavy atom. The van der Waals surface area contributed by atoms with Gasteiger partial charge in [0, 0.05) is 43.9 Å². The van der Waals surface area contributed by atoms with Crippen molar-refractivity contribution < 1.29 is 33.3 Å². The Labute approximate surface area is 238 Å². The quantitative estimate of drug-likeness (QED) is 0.152. The monoisotopic (exact) mass is 577 g/mol. The highest BCUT2D eigenvalue weighted by Crippen LogP contribution is 2.23. The van der Waals surface area contributed by atoms with Crippen LogP contribution in [0.2, 0.25) is 0 Å². The lowest BCUT2D eigenvalue weighted by Crippen LogP contribution is -2.46. The number of ether oxygens (including phenoxy) is 1. The molecular weight excluding hydrogens is 540 g/mol. The fourth-order valence-corrected chi connectivity index (χ4v) is 4.89. The zero-order chi connectivity index (χ0) is 29.3. The predicted octanol–water partition coefficient (Wildman–Crippen LogP) is 5.67. The lowest BCUT2D eigenvalue weighted by molar-refractivity contribution is -0.134. The molecule has 0 aliphatic carbocycles. The smallest absolute Gasteiger partial charge is 0.328 e. The van der Waals surface area contributed by atoms with Gasteiger partial charge in [0.25, 0.3) is 0 Å². The van der Waals surface area contributed by atoms with Gasteiger partial charge < -0.3 is 24.7 Å². The van der Waals surface area contributed by atoms with Crippen LogP contribution in [-0.2, 0) is 9.59 Å². The number of halogens is 2. The van der Waals surface area contributed by atoms with Crippen LogP contribution in [0.4, 0.5) is 14.5 Å². The highest BCUT2D eigenvalue weighted by atomic mass is 32.2. The molecule has 1 aliphatic heterocycles. The van der Waals surface area contributed by atoms with E-state index in [0.717, 1.165) is 74.9 Å². The van der Waals surface area contributed by atoms with Crippen LogP contribution in [0.25, 0.3) is 0 Å². The standard InChI is InChI=1S/C25H33F2N3OS.C4H4O4/c1-3-30(25(32-2)28-20-9-5-4-6-10-20)21-13-16-29(17-14-21)15-7-8-18-31-22-11-12-23(26)24(27)19-22;5-3(6)1-2-4(7)8/h4-6,9-12,19,21H,3,7-8,13-18H2,1-2H3;1-2H,(H,5,6)(H,7,8)/b;2-1+. The van der Waals surface area contributed by atoms with Gasteiger partial charge >= 0.3 is 11.9 Å². The van der Waals surface area contributed by atoms with Gasteiger partial charge in [-0.05, 0) is 69.7 Å². The maximum Gasteiger partial charge on any atom is 0.328 e. The minimum absolute atomic E-state index is 0.381. The van der Waals surface area contributed by atoms with Crippen molar-refractivity contribution in [1.82, 2.24) is 9.80 Å². The first-order valence-electron chi connectivity index (χ1n) is 13.1. The number of carboxylic acids is 2. The molecule has 0 amide bonds. The molecule has 2 N–H and O–H groups in total. The number of piperidine rings is 1. The van der Waals surface area contributed by atoms with Gasteiger partial charge in [-0.15, -0.1) is 0 Å². The summed E-state index contributed by atoms with van der Waals surface area (Å²) in [6.45, 7) is 6.87. The topological polar surface area (TPSA) is 103 Å². The van der Waals surface area contributed by atoms with E-state index in [1.54, 1.807) is 11.8 Å². The molecule has 11 heteroatoms. The van der Waals surface area contributed by atoms with E-state index in [1.165, 1.54) is 6.07 Å². The molecule has 0 bridgehead atoms. The maximum atomic E-state index is 13.2. The first-order valence-corrected chi connectivity index (χ1v) is 14.3. The number of amidine groups is 1. The van der Waals surface area contributed by atoms with Crippen molar-refractivity contribution >= 4 is 34.6 Å². The summed E-state index contributed by atoms with van der Waals surface area (Å²) in [7, 11) is 0. The number of carbonyl (C=O) groups is 2. The molecule has 1 fully saturated rings. The van der Waals surface area contributed by atoms with E-state index in [4.69, 9.17) is 19.9 Å². The van der Waals surface area contributed by atoms with Crippen molar-refractivity contribution in [2.45, 2.75) is 38.6 Å². The van der Waals surface area contributed by atoms with E-state index in [1.807, 2.05) is 30.3 Å². The first kappa shape index (κ1) is 32.8. The molecule has 2 aromatic carbocycles. The van der Waals surface area contributed by atoms with Gasteiger partial charge in [0.1, 0.15) is 5.75 Å². The Balaban J connectivity index is 0.000000611. The van der Waals surface area contributed by atoms with Crippen molar-refractivity contribution in [3.63, 3.8) is 0 Å². The van der Waals surface area contributed by atoms with Crippen molar-refractivity contribution in [3.05, 3.63) is 72.3 Å². The maximum absolute atomic E-state index is 13.2. The summed E-state index contributed by atoms with van der Waals surface area (Å²) in [5.74, 6) is -3.85. The van der Waals surface area contributed by atoms with Gasteiger partial charge in [-0.3, -0.25) is 0 Å². The normalized spacial score (nSPS) is 14.4. The average molecular weight is 578 g/mol.